The van der Waals surface area contributed by atoms with Gasteiger partial charge in [0.05, 0.1) is 12.8 Å². The molecule has 0 saturated heterocycles. The third kappa shape index (κ3) is 2.05. The highest BCUT2D eigenvalue weighted by Crippen LogP contribution is 2.31. The number of aromatic nitrogens is 1. The van der Waals surface area contributed by atoms with Crippen molar-refractivity contribution in [3.63, 3.8) is 0 Å². The summed E-state index contributed by atoms with van der Waals surface area (Å²) in [6.07, 6.45) is 0. The quantitative estimate of drug-likeness (QED) is 0.783. The second-order valence-electron chi connectivity index (χ2n) is 4.22. The average molecular weight is 250 g/mol. The van der Waals surface area contributed by atoms with Crippen molar-refractivity contribution >= 4 is 11.6 Å². The van der Waals surface area contributed by atoms with Crippen LogP contribution in [0.1, 0.15) is 17.0 Å². The summed E-state index contributed by atoms with van der Waals surface area (Å²) in [4.78, 5) is 0. The SMILES string of the molecule is COc1cc(Cl)c(C)cc1-n1c(C)ccc1C. The lowest BCUT2D eigenvalue weighted by Crippen LogP contribution is -2.02. The Morgan fingerprint density at radius 3 is 2.18 bits per heavy atom. The van der Waals surface area contributed by atoms with Gasteiger partial charge in [-0.15, -0.1) is 0 Å². The number of nitrogens with zero attached hydrogens (tertiary/aromatic N) is 1. The molecular weight excluding hydrogens is 234 g/mol. The third-order valence-electron chi connectivity index (χ3n) is 2.97. The average Bonchev–Trinajstić information content (AvgIpc) is 2.62. The molecule has 0 aliphatic carbocycles. The summed E-state index contributed by atoms with van der Waals surface area (Å²) in [6.45, 7) is 6.16. The van der Waals surface area contributed by atoms with Crippen LogP contribution in [0.5, 0.6) is 5.75 Å². The van der Waals surface area contributed by atoms with E-state index in [1.165, 1.54) is 11.4 Å². The van der Waals surface area contributed by atoms with Crippen molar-refractivity contribution in [2.75, 3.05) is 7.11 Å². The number of benzene rings is 1. The summed E-state index contributed by atoms with van der Waals surface area (Å²) >= 11 is 6.12. The van der Waals surface area contributed by atoms with Gasteiger partial charge in [-0.25, -0.2) is 0 Å². The Bertz CT molecular complexity index is 538. The number of aryl methyl sites for hydroxylation is 3. The first kappa shape index (κ1) is 12.1. The van der Waals surface area contributed by atoms with Gasteiger partial charge in [0.15, 0.2) is 0 Å². The van der Waals surface area contributed by atoms with Gasteiger partial charge in [-0.2, -0.15) is 0 Å². The van der Waals surface area contributed by atoms with Crippen molar-refractivity contribution in [1.29, 1.82) is 0 Å². The first-order chi connectivity index (χ1) is 8.04. The standard InChI is InChI=1S/C14H16ClNO/c1-9-7-13(14(17-4)8-12(9)15)16-10(2)5-6-11(16)3/h5-8H,1-4H3. The highest BCUT2D eigenvalue weighted by atomic mass is 35.5. The number of hydrogen-bond acceptors (Lipinski definition) is 1. The Kier molecular flexibility index (Phi) is 3.16. The minimum atomic E-state index is 0.730. The first-order valence-corrected chi connectivity index (χ1v) is 5.92. The lowest BCUT2D eigenvalue weighted by Gasteiger charge is -2.15. The predicted octanol–water partition coefficient (Wildman–Crippen LogP) is 4.06. The summed E-state index contributed by atoms with van der Waals surface area (Å²) in [5.74, 6) is 0.794. The van der Waals surface area contributed by atoms with Gasteiger partial charge < -0.3 is 9.30 Å². The zero-order chi connectivity index (χ0) is 12.6. The van der Waals surface area contributed by atoms with E-state index in [1.54, 1.807) is 7.11 Å². The van der Waals surface area contributed by atoms with Gasteiger partial charge in [-0.05, 0) is 44.5 Å². The first-order valence-electron chi connectivity index (χ1n) is 5.54. The van der Waals surface area contributed by atoms with Crippen LogP contribution >= 0.6 is 11.6 Å². The van der Waals surface area contributed by atoms with Crippen molar-refractivity contribution in [3.8, 4) is 11.4 Å². The minimum Gasteiger partial charge on any atom is -0.495 e. The normalized spacial score (nSPS) is 10.6. The maximum atomic E-state index is 6.12. The van der Waals surface area contributed by atoms with Crippen molar-refractivity contribution in [3.05, 3.63) is 46.2 Å². The fraction of sp³-hybridized carbons (Fsp3) is 0.286. The smallest absolute Gasteiger partial charge is 0.144 e. The lowest BCUT2D eigenvalue weighted by molar-refractivity contribution is 0.412. The topological polar surface area (TPSA) is 14.2 Å². The van der Waals surface area contributed by atoms with Crippen LogP contribution in [0.3, 0.4) is 0 Å². The molecule has 0 amide bonds. The second-order valence-corrected chi connectivity index (χ2v) is 4.63. The van der Waals surface area contributed by atoms with Crippen LogP contribution in [0, 0.1) is 20.8 Å². The molecule has 0 aliphatic heterocycles. The predicted molar refractivity (Wildman–Crippen MR) is 71.5 cm³/mol. The van der Waals surface area contributed by atoms with Crippen LogP contribution < -0.4 is 4.74 Å². The maximum absolute atomic E-state index is 6.12. The Hall–Kier alpha value is -1.41. The molecule has 0 unspecified atom stereocenters. The van der Waals surface area contributed by atoms with Crippen LogP contribution in [-0.4, -0.2) is 11.7 Å². The lowest BCUT2D eigenvalue weighted by atomic mass is 10.2. The summed E-state index contributed by atoms with van der Waals surface area (Å²) in [5.41, 5.74) is 4.45. The molecule has 1 aromatic carbocycles. The number of rotatable bonds is 2. The van der Waals surface area contributed by atoms with E-state index in [0.717, 1.165) is 22.0 Å². The molecule has 1 heterocycles. The Balaban J connectivity index is 2.70. The van der Waals surface area contributed by atoms with Gasteiger partial charge in [0, 0.05) is 22.5 Å². The molecule has 0 spiro atoms. The molecular formula is C14H16ClNO. The Labute approximate surface area is 107 Å². The van der Waals surface area contributed by atoms with Gasteiger partial charge in [0.25, 0.3) is 0 Å². The molecule has 0 bridgehead atoms. The molecule has 2 nitrogen and oxygen atoms in total. The molecule has 0 radical (unpaired) electrons. The van der Waals surface area contributed by atoms with E-state index in [2.05, 4.69) is 36.6 Å². The van der Waals surface area contributed by atoms with Crippen molar-refractivity contribution < 1.29 is 4.74 Å². The summed E-state index contributed by atoms with van der Waals surface area (Å²) in [7, 11) is 1.67. The fourth-order valence-corrected chi connectivity index (χ4v) is 2.19. The molecule has 0 fully saturated rings. The van der Waals surface area contributed by atoms with E-state index < -0.39 is 0 Å². The number of methoxy groups -OCH3 is 1. The molecule has 3 heteroatoms. The van der Waals surface area contributed by atoms with E-state index >= 15 is 0 Å². The highest BCUT2D eigenvalue weighted by molar-refractivity contribution is 6.31. The third-order valence-corrected chi connectivity index (χ3v) is 3.38. The van der Waals surface area contributed by atoms with Crippen LogP contribution in [0.4, 0.5) is 0 Å². The number of ether oxygens (including phenoxy) is 1. The molecule has 90 valence electrons. The van der Waals surface area contributed by atoms with Crippen LogP contribution in [0.15, 0.2) is 24.3 Å². The second kappa shape index (κ2) is 4.46. The van der Waals surface area contributed by atoms with Crippen molar-refractivity contribution in [2.45, 2.75) is 20.8 Å². The van der Waals surface area contributed by atoms with Crippen LogP contribution in [0.2, 0.25) is 5.02 Å². The van der Waals surface area contributed by atoms with E-state index in [-0.39, 0.29) is 0 Å². The van der Waals surface area contributed by atoms with Gasteiger partial charge in [-0.3, -0.25) is 0 Å². The molecule has 0 N–H and O–H groups in total. The van der Waals surface area contributed by atoms with E-state index in [0.29, 0.717) is 0 Å². The Morgan fingerprint density at radius 1 is 1.06 bits per heavy atom. The molecule has 0 atom stereocenters. The molecule has 2 aromatic rings. The monoisotopic (exact) mass is 249 g/mol. The highest BCUT2D eigenvalue weighted by Gasteiger charge is 2.11. The molecule has 0 aliphatic rings. The fourth-order valence-electron chi connectivity index (χ4n) is 2.03. The summed E-state index contributed by atoms with van der Waals surface area (Å²) in [6, 6.07) is 8.11. The summed E-state index contributed by atoms with van der Waals surface area (Å²) in [5, 5.41) is 0.730. The van der Waals surface area contributed by atoms with E-state index in [9.17, 15) is 0 Å². The number of halogens is 1. The molecule has 17 heavy (non-hydrogen) atoms. The van der Waals surface area contributed by atoms with E-state index in [1.807, 2.05) is 13.0 Å². The largest absolute Gasteiger partial charge is 0.495 e. The van der Waals surface area contributed by atoms with E-state index in [4.69, 9.17) is 16.3 Å². The minimum absolute atomic E-state index is 0.730. The molecule has 1 aromatic heterocycles. The molecule has 0 saturated carbocycles. The van der Waals surface area contributed by atoms with Crippen LogP contribution in [0.25, 0.3) is 5.69 Å². The zero-order valence-electron chi connectivity index (χ0n) is 10.5. The Morgan fingerprint density at radius 2 is 1.65 bits per heavy atom. The zero-order valence-corrected chi connectivity index (χ0v) is 11.3. The molecule has 2 rings (SSSR count). The van der Waals surface area contributed by atoms with Gasteiger partial charge in [0.2, 0.25) is 0 Å². The number of hydrogen-bond donors (Lipinski definition) is 0. The van der Waals surface area contributed by atoms with Crippen molar-refractivity contribution in [1.82, 2.24) is 4.57 Å². The summed E-state index contributed by atoms with van der Waals surface area (Å²) < 4.78 is 7.58. The van der Waals surface area contributed by atoms with Crippen LogP contribution in [-0.2, 0) is 0 Å². The van der Waals surface area contributed by atoms with Gasteiger partial charge >= 0.3 is 0 Å². The maximum Gasteiger partial charge on any atom is 0.144 e. The van der Waals surface area contributed by atoms with Gasteiger partial charge in [0.1, 0.15) is 5.75 Å². The van der Waals surface area contributed by atoms with Crippen molar-refractivity contribution in [2.24, 2.45) is 0 Å². The van der Waals surface area contributed by atoms with Gasteiger partial charge in [-0.1, -0.05) is 11.6 Å².